The van der Waals surface area contributed by atoms with Gasteiger partial charge in [0.25, 0.3) is 0 Å². The summed E-state index contributed by atoms with van der Waals surface area (Å²) in [5, 5.41) is 7.58. The predicted octanol–water partition coefficient (Wildman–Crippen LogP) is 6.26. The number of halogens is 2. The van der Waals surface area contributed by atoms with Gasteiger partial charge in [-0.1, -0.05) is 47.5 Å². The van der Waals surface area contributed by atoms with E-state index in [1.165, 1.54) is 0 Å². The molecule has 1 atom stereocenters. The number of anilines is 2. The highest BCUT2D eigenvalue weighted by Gasteiger charge is 2.27. The third kappa shape index (κ3) is 9.65. The molecule has 0 saturated carbocycles. The van der Waals surface area contributed by atoms with Gasteiger partial charge in [0, 0.05) is 34.3 Å². The number of nitrogens with two attached hydrogens (primary N) is 1. The minimum absolute atomic E-state index is 0.187. The van der Waals surface area contributed by atoms with Gasteiger partial charge in [-0.15, -0.1) is 0 Å². The number of benzene rings is 2. The van der Waals surface area contributed by atoms with Crippen LogP contribution in [0.3, 0.4) is 0 Å². The van der Waals surface area contributed by atoms with Gasteiger partial charge in [-0.3, -0.25) is 10.1 Å². The topological polar surface area (TPSA) is 111 Å². The van der Waals surface area contributed by atoms with E-state index in [9.17, 15) is 4.79 Å². The largest absolute Gasteiger partial charge is 0.459 e. The summed E-state index contributed by atoms with van der Waals surface area (Å²) in [5.74, 6) is 0.330. The van der Waals surface area contributed by atoms with E-state index < -0.39 is 17.2 Å². The van der Waals surface area contributed by atoms with E-state index in [1.54, 1.807) is 24.4 Å². The Morgan fingerprint density at radius 1 is 1.00 bits per heavy atom. The Kier molecular flexibility index (Phi) is 10.2. The fourth-order valence-electron chi connectivity index (χ4n) is 3.54. The maximum Gasteiger partial charge on any atom is 0.326 e. The number of aromatic nitrogens is 2. The minimum Gasteiger partial charge on any atom is -0.459 e. The zero-order valence-corrected chi connectivity index (χ0v) is 24.8. The van der Waals surface area contributed by atoms with Crippen LogP contribution >= 0.6 is 23.2 Å². The molecule has 0 aliphatic carbocycles. The van der Waals surface area contributed by atoms with Gasteiger partial charge in [-0.25, -0.2) is 9.97 Å². The van der Waals surface area contributed by atoms with Crippen LogP contribution in [0.25, 0.3) is 11.3 Å². The van der Waals surface area contributed by atoms with Crippen LogP contribution in [-0.2, 0) is 27.4 Å². The zero-order valence-electron chi connectivity index (χ0n) is 23.3. The van der Waals surface area contributed by atoms with Gasteiger partial charge >= 0.3 is 5.97 Å². The molecule has 3 rings (SSSR count). The molecule has 4 N–H and O–H groups in total. The Morgan fingerprint density at radius 3 is 2.31 bits per heavy atom. The molecule has 8 nitrogen and oxygen atoms in total. The summed E-state index contributed by atoms with van der Waals surface area (Å²) >= 11 is 12.6. The summed E-state index contributed by atoms with van der Waals surface area (Å²) in [6.07, 6.45) is 1.62. The van der Waals surface area contributed by atoms with Gasteiger partial charge in [0.15, 0.2) is 11.6 Å². The van der Waals surface area contributed by atoms with E-state index in [1.807, 2.05) is 65.8 Å². The van der Waals surface area contributed by atoms with Crippen molar-refractivity contribution in [2.24, 2.45) is 0 Å². The number of carbonyl (C=O) groups excluding carboxylic acids is 1. The standard InChI is InChI=1S/C29H37Cl2N5O3/c1-28(2,3)38-17-24(27(37)39-29(4,5)6)33-14-18-9-7-10-19(13-18)23-16-34-25(32)26(36-23)35-15-20-21(30)11-8-12-22(20)31/h7-13,16,24,33H,14-15,17H2,1-6H3,(H2,32,34)(H,35,36). The van der Waals surface area contributed by atoms with Crippen LogP contribution in [0.2, 0.25) is 10.0 Å². The lowest BCUT2D eigenvalue weighted by Crippen LogP contribution is -2.45. The second-order valence-corrected chi connectivity index (χ2v) is 11.9. The summed E-state index contributed by atoms with van der Waals surface area (Å²) in [6, 6.07) is 12.5. The zero-order chi connectivity index (χ0) is 28.8. The van der Waals surface area contributed by atoms with E-state index in [-0.39, 0.29) is 18.4 Å². The fraction of sp³-hybridized carbons (Fsp3) is 0.414. The number of ether oxygens (including phenoxy) is 2. The van der Waals surface area contributed by atoms with Gasteiger partial charge in [0.1, 0.15) is 11.6 Å². The third-order valence-electron chi connectivity index (χ3n) is 5.44. The number of rotatable bonds is 10. The Balaban J connectivity index is 1.74. The highest BCUT2D eigenvalue weighted by molar-refractivity contribution is 6.36. The lowest BCUT2D eigenvalue weighted by molar-refractivity contribution is -0.160. The first-order valence-electron chi connectivity index (χ1n) is 12.7. The molecule has 0 saturated heterocycles. The molecule has 210 valence electrons. The molecular weight excluding hydrogens is 537 g/mol. The lowest BCUT2D eigenvalue weighted by atomic mass is 10.1. The van der Waals surface area contributed by atoms with Crippen molar-refractivity contribution in [3.8, 4) is 11.3 Å². The molecular formula is C29H37Cl2N5O3. The highest BCUT2D eigenvalue weighted by atomic mass is 35.5. The van der Waals surface area contributed by atoms with Gasteiger partial charge in [0.05, 0.1) is 24.1 Å². The second-order valence-electron chi connectivity index (χ2n) is 11.1. The highest BCUT2D eigenvalue weighted by Crippen LogP contribution is 2.27. The Morgan fingerprint density at radius 2 is 1.67 bits per heavy atom. The predicted molar refractivity (Wildman–Crippen MR) is 158 cm³/mol. The van der Waals surface area contributed by atoms with Crippen LogP contribution in [0.1, 0.15) is 52.7 Å². The van der Waals surface area contributed by atoms with E-state index in [4.69, 9.17) is 38.4 Å². The summed E-state index contributed by atoms with van der Waals surface area (Å²) in [7, 11) is 0. The molecule has 0 radical (unpaired) electrons. The molecule has 2 aromatic carbocycles. The van der Waals surface area contributed by atoms with Crippen molar-refractivity contribution in [3.05, 3.63) is 69.8 Å². The van der Waals surface area contributed by atoms with Gasteiger partial charge in [-0.2, -0.15) is 0 Å². The third-order valence-corrected chi connectivity index (χ3v) is 6.15. The molecule has 10 heteroatoms. The Bertz CT molecular complexity index is 1270. The summed E-state index contributed by atoms with van der Waals surface area (Å²) in [4.78, 5) is 21.8. The van der Waals surface area contributed by atoms with Crippen molar-refractivity contribution >= 4 is 40.8 Å². The summed E-state index contributed by atoms with van der Waals surface area (Å²) in [6.45, 7) is 12.3. The van der Waals surface area contributed by atoms with E-state index in [2.05, 4.69) is 20.6 Å². The second kappa shape index (κ2) is 13.0. The van der Waals surface area contributed by atoms with Crippen LogP contribution < -0.4 is 16.4 Å². The molecule has 1 heterocycles. The first kappa shape index (κ1) is 30.6. The first-order chi connectivity index (χ1) is 18.2. The van der Waals surface area contributed by atoms with Crippen LogP contribution in [-0.4, -0.2) is 39.8 Å². The Labute approximate surface area is 240 Å². The van der Waals surface area contributed by atoms with Crippen molar-refractivity contribution in [1.82, 2.24) is 15.3 Å². The molecule has 0 aliphatic heterocycles. The van der Waals surface area contributed by atoms with Crippen molar-refractivity contribution in [2.45, 2.75) is 71.9 Å². The SMILES string of the molecule is CC(C)(C)OCC(NCc1cccc(-c2cnc(N)c(NCc3c(Cl)cccc3Cl)n2)c1)C(=O)OC(C)(C)C. The maximum absolute atomic E-state index is 12.8. The number of nitrogens with one attached hydrogen (secondary N) is 2. The molecule has 1 unspecified atom stereocenters. The van der Waals surface area contributed by atoms with E-state index in [0.29, 0.717) is 34.6 Å². The van der Waals surface area contributed by atoms with Gasteiger partial charge < -0.3 is 20.5 Å². The molecule has 39 heavy (non-hydrogen) atoms. The van der Waals surface area contributed by atoms with Crippen molar-refractivity contribution < 1.29 is 14.3 Å². The summed E-state index contributed by atoms with van der Waals surface area (Å²) < 4.78 is 11.5. The lowest BCUT2D eigenvalue weighted by Gasteiger charge is -2.27. The van der Waals surface area contributed by atoms with E-state index in [0.717, 1.165) is 16.7 Å². The Hall–Kier alpha value is -2.91. The van der Waals surface area contributed by atoms with Crippen LogP contribution in [0.4, 0.5) is 11.6 Å². The molecule has 0 spiro atoms. The molecule has 1 aromatic heterocycles. The van der Waals surface area contributed by atoms with Gasteiger partial charge in [0.2, 0.25) is 0 Å². The molecule has 3 aromatic rings. The smallest absolute Gasteiger partial charge is 0.326 e. The normalized spacial score (nSPS) is 12.7. The quantitative estimate of drug-likeness (QED) is 0.244. The number of carbonyl (C=O) groups is 1. The van der Waals surface area contributed by atoms with Crippen LogP contribution in [0, 0.1) is 0 Å². The number of nitrogens with zero attached hydrogens (tertiary/aromatic N) is 2. The molecule has 0 bridgehead atoms. The fourth-order valence-corrected chi connectivity index (χ4v) is 4.07. The average molecular weight is 575 g/mol. The number of nitrogen functional groups attached to an aromatic ring is 1. The number of hydrogen-bond acceptors (Lipinski definition) is 8. The van der Waals surface area contributed by atoms with Crippen molar-refractivity contribution in [1.29, 1.82) is 0 Å². The van der Waals surface area contributed by atoms with Crippen LogP contribution in [0.5, 0.6) is 0 Å². The number of esters is 1. The van der Waals surface area contributed by atoms with E-state index >= 15 is 0 Å². The average Bonchev–Trinajstić information content (AvgIpc) is 2.83. The maximum atomic E-state index is 12.8. The first-order valence-corrected chi connectivity index (χ1v) is 13.5. The monoisotopic (exact) mass is 573 g/mol. The molecule has 0 fully saturated rings. The minimum atomic E-state index is -0.629. The van der Waals surface area contributed by atoms with Crippen LogP contribution in [0.15, 0.2) is 48.7 Å². The van der Waals surface area contributed by atoms with Gasteiger partial charge in [-0.05, 0) is 65.3 Å². The molecule has 0 amide bonds. The molecule has 0 aliphatic rings. The van der Waals surface area contributed by atoms with Crippen molar-refractivity contribution in [3.63, 3.8) is 0 Å². The number of hydrogen-bond donors (Lipinski definition) is 3. The summed E-state index contributed by atoms with van der Waals surface area (Å²) in [5.41, 5.74) is 8.27. The van der Waals surface area contributed by atoms with Crippen molar-refractivity contribution in [2.75, 3.05) is 17.7 Å².